The highest BCUT2D eigenvalue weighted by Crippen LogP contribution is 2.09. The predicted molar refractivity (Wildman–Crippen MR) is 77.8 cm³/mol. The number of aryl methyl sites for hydroxylation is 1. The summed E-state index contributed by atoms with van der Waals surface area (Å²) in [6.07, 6.45) is 10.7. The van der Waals surface area contributed by atoms with E-state index < -0.39 is 0 Å². The molecular weight excluding hydrogens is 238 g/mol. The fourth-order valence-corrected chi connectivity index (χ4v) is 2.16. The molecule has 1 rings (SSSR count). The van der Waals surface area contributed by atoms with Crippen LogP contribution in [0.5, 0.6) is 0 Å². The van der Waals surface area contributed by atoms with E-state index in [0.717, 1.165) is 25.5 Å². The minimum atomic E-state index is 0.764. The third-order valence-corrected chi connectivity index (χ3v) is 3.36. The summed E-state index contributed by atoms with van der Waals surface area (Å²) >= 11 is 0. The molecule has 0 bridgehead atoms. The zero-order valence-corrected chi connectivity index (χ0v) is 12.6. The molecule has 0 spiro atoms. The highest BCUT2D eigenvalue weighted by atomic mass is 15.5. The van der Waals surface area contributed by atoms with Crippen LogP contribution in [-0.4, -0.2) is 26.8 Å². The maximum atomic E-state index is 4.04. The summed E-state index contributed by atoms with van der Waals surface area (Å²) in [4.78, 5) is 0. The second-order valence-corrected chi connectivity index (χ2v) is 5.07. The number of unbranched alkanes of at least 4 members (excludes halogenated alkanes) is 7. The number of tetrazole rings is 1. The fourth-order valence-electron chi connectivity index (χ4n) is 2.16. The van der Waals surface area contributed by atoms with Crippen LogP contribution < -0.4 is 5.32 Å². The number of aromatic nitrogens is 4. The number of nitrogens with one attached hydrogen (secondary N) is 1. The van der Waals surface area contributed by atoms with E-state index in [4.69, 9.17) is 0 Å². The lowest BCUT2D eigenvalue weighted by Gasteiger charge is -2.05. The Labute approximate surface area is 117 Å². The largest absolute Gasteiger partial charge is 0.310 e. The molecule has 0 aliphatic heterocycles. The lowest BCUT2D eigenvalue weighted by atomic mass is 10.1. The molecule has 5 heteroatoms. The number of nitrogens with zero attached hydrogens (tertiary/aromatic N) is 4. The molecule has 5 nitrogen and oxygen atoms in total. The van der Waals surface area contributed by atoms with Gasteiger partial charge in [0.2, 0.25) is 0 Å². The lowest BCUT2D eigenvalue weighted by molar-refractivity contribution is 0.492. The molecule has 0 saturated heterocycles. The molecule has 0 unspecified atom stereocenters. The number of hydrogen-bond acceptors (Lipinski definition) is 4. The quantitative estimate of drug-likeness (QED) is 0.592. The minimum absolute atomic E-state index is 0.764. The van der Waals surface area contributed by atoms with Gasteiger partial charge in [0.05, 0.1) is 6.54 Å². The van der Waals surface area contributed by atoms with Crippen LogP contribution in [0.4, 0.5) is 0 Å². The van der Waals surface area contributed by atoms with Gasteiger partial charge in [-0.25, -0.2) is 4.68 Å². The molecule has 0 aromatic carbocycles. The third kappa shape index (κ3) is 7.25. The van der Waals surface area contributed by atoms with Crippen LogP contribution >= 0.6 is 0 Å². The molecule has 1 heterocycles. The van der Waals surface area contributed by atoms with E-state index in [1.807, 2.05) is 4.68 Å². The van der Waals surface area contributed by atoms with E-state index in [1.165, 1.54) is 51.4 Å². The standard InChI is InChI=1S/C14H29N5/c1-3-5-6-7-8-9-10-11-12-19-14(13-15-4-2)16-17-18-19/h15H,3-13H2,1-2H3. The van der Waals surface area contributed by atoms with E-state index in [2.05, 4.69) is 34.7 Å². The number of hydrogen-bond donors (Lipinski definition) is 1. The first kappa shape index (κ1) is 16.1. The van der Waals surface area contributed by atoms with Gasteiger partial charge in [0, 0.05) is 6.54 Å². The van der Waals surface area contributed by atoms with E-state index >= 15 is 0 Å². The van der Waals surface area contributed by atoms with Gasteiger partial charge in [-0.3, -0.25) is 0 Å². The Morgan fingerprint density at radius 2 is 1.63 bits per heavy atom. The smallest absolute Gasteiger partial charge is 0.165 e. The molecule has 0 aliphatic rings. The second-order valence-electron chi connectivity index (χ2n) is 5.07. The molecule has 0 fully saturated rings. The van der Waals surface area contributed by atoms with Crippen molar-refractivity contribution in [2.75, 3.05) is 6.54 Å². The monoisotopic (exact) mass is 267 g/mol. The summed E-state index contributed by atoms with van der Waals surface area (Å²) in [7, 11) is 0. The van der Waals surface area contributed by atoms with Crippen molar-refractivity contribution < 1.29 is 0 Å². The Morgan fingerprint density at radius 1 is 0.947 bits per heavy atom. The maximum Gasteiger partial charge on any atom is 0.165 e. The van der Waals surface area contributed by atoms with Crippen molar-refractivity contribution in [2.45, 2.75) is 78.3 Å². The van der Waals surface area contributed by atoms with Crippen LogP contribution in [0.25, 0.3) is 0 Å². The molecule has 0 radical (unpaired) electrons. The predicted octanol–water partition coefficient (Wildman–Crippen LogP) is 2.92. The molecule has 0 saturated carbocycles. The Bertz CT molecular complexity index is 311. The lowest BCUT2D eigenvalue weighted by Crippen LogP contribution is -2.17. The van der Waals surface area contributed by atoms with E-state index in [9.17, 15) is 0 Å². The third-order valence-electron chi connectivity index (χ3n) is 3.36. The molecule has 1 N–H and O–H groups in total. The van der Waals surface area contributed by atoms with Gasteiger partial charge in [0.1, 0.15) is 0 Å². The van der Waals surface area contributed by atoms with Crippen molar-refractivity contribution in [1.82, 2.24) is 25.5 Å². The van der Waals surface area contributed by atoms with Gasteiger partial charge in [0.15, 0.2) is 5.82 Å². The second kappa shape index (κ2) is 10.9. The fraction of sp³-hybridized carbons (Fsp3) is 0.929. The average Bonchev–Trinajstić information content (AvgIpc) is 2.87. The van der Waals surface area contributed by atoms with Gasteiger partial charge in [-0.1, -0.05) is 58.8 Å². The molecule has 1 aromatic rings. The van der Waals surface area contributed by atoms with Crippen LogP contribution in [-0.2, 0) is 13.1 Å². The van der Waals surface area contributed by atoms with Crippen molar-refractivity contribution in [3.63, 3.8) is 0 Å². The van der Waals surface area contributed by atoms with Crippen LogP contribution in [0.1, 0.15) is 71.0 Å². The summed E-state index contributed by atoms with van der Waals surface area (Å²) in [5, 5.41) is 15.1. The zero-order valence-electron chi connectivity index (χ0n) is 12.6. The first-order valence-electron chi connectivity index (χ1n) is 7.84. The van der Waals surface area contributed by atoms with Crippen molar-refractivity contribution in [3.8, 4) is 0 Å². The molecular formula is C14H29N5. The highest BCUT2D eigenvalue weighted by molar-refractivity contribution is 4.79. The summed E-state index contributed by atoms with van der Waals surface area (Å²) in [5.41, 5.74) is 0. The van der Waals surface area contributed by atoms with Crippen LogP contribution in [0.3, 0.4) is 0 Å². The van der Waals surface area contributed by atoms with Crippen LogP contribution in [0.15, 0.2) is 0 Å². The maximum absolute atomic E-state index is 4.04. The Morgan fingerprint density at radius 3 is 2.32 bits per heavy atom. The van der Waals surface area contributed by atoms with Crippen molar-refractivity contribution in [1.29, 1.82) is 0 Å². The molecule has 110 valence electrons. The van der Waals surface area contributed by atoms with Crippen LogP contribution in [0.2, 0.25) is 0 Å². The van der Waals surface area contributed by atoms with Crippen molar-refractivity contribution in [3.05, 3.63) is 5.82 Å². The normalized spacial score (nSPS) is 11.1. The summed E-state index contributed by atoms with van der Waals surface area (Å²) in [6.45, 7) is 7.01. The Hall–Kier alpha value is -0.970. The highest BCUT2D eigenvalue weighted by Gasteiger charge is 2.04. The molecule has 0 amide bonds. The summed E-state index contributed by atoms with van der Waals surface area (Å²) in [5.74, 6) is 0.949. The van der Waals surface area contributed by atoms with Gasteiger partial charge in [-0.05, 0) is 23.4 Å². The topological polar surface area (TPSA) is 55.6 Å². The van der Waals surface area contributed by atoms with Crippen molar-refractivity contribution >= 4 is 0 Å². The van der Waals surface area contributed by atoms with Crippen molar-refractivity contribution in [2.24, 2.45) is 0 Å². The Balaban J connectivity index is 2.04. The van der Waals surface area contributed by atoms with E-state index in [0.29, 0.717) is 0 Å². The summed E-state index contributed by atoms with van der Waals surface area (Å²) < 4.78 is 1.93. The Kier molecular flexibility index (Phi) is 9.23. The summed E-state index contributed by atoms with van der Waals surface area (Å²) in [6, 6.07) is 0. The molecule has 19 heavy (non-hydrogen) atoms. The molecule has 0 aliphatic carbocycles. The number of rotatable bonds is 12. The molecule has 1 aromatic heterocycles. The van der Waals surface area contributed by atoms with Gasteiger partial charge < -0.3 is 5.32 Å². The SMILES string of the molecule is CCCCCCCCCCn1nnnc1CNCC. The molecule has 0 atom stereocenters. The van der Waals surface area contributed by atoms with Gasteiger partial charge in [-0.2, -0.15) is 0 Å². The first-order chi connectivity index (χ1) is 9.38. The van der Waals surface area contributed by atoms with Crippen LogP contribution in [0, 0.1) is 0 Å². The van der Waals surface area contributed by atoms with Gasteiger partial charge in [0.25, 0.3) is 0 Å². The minimum Gasteiger partial charge on any atom is -0.310 e. The van der Waals surface area contributed by atoms with E-state index in [1.54, 1.807) is 0 Å². The van der Waals surface area contributed by atoms with E-state index in [-0.39, 0.29) is 0 Å². The van der Waals surface area contributed by atoms with Gasteiger partial charge in [-0.15, -0.1) is 5.10 Å². The zero-order chi connectivity index (χ0) is 13.8. The van der Waals surface area contributed by atoms with Gasteiger partial charge >= 0.3 is 0 Å². The average molecular weight is 267 g/mol. The first-order valence-corrected chi connectivity index (χ1v) is 7.84.